The molecule has 0 amide bonds. The maximum atomic E-state index is 14.5. The normalized spacial score (nSPS) is 14.2. The first-order valence-electron chi connectivity index (χ1n) is 16.2. The first kappa shape index (κ1) is 40.6. The molecule has 0 heterocycles. The molecule has 0 spiro atoms. The number of allylic oxidation sites excluding steroid dienone is 2. The SMILES string of the molecule is COC1=CC(O)=CC(=O)C1C(=O)Oc1c(C)c(C)c(C(=O)Oc2cc(C)c(C(=O)Oc3c(C)c(C)c(C(=O)O)c(C)c3C)c(C)c2C)c(O)c1C(F)(F)F. The molecular formula is C39H37F3O12. The number of benzene rings is 3. The number of ether oxygens (including phenoxy) is 4. The second kappa shape index (κ2) is 14.7. The van der Waals surface area contributed by atoms with E-state index >= 15 is 0 Å². The predicted octanol–water partition coefficient (Wildman–Crippen LogP) is 7.40. The van der Waals surface area contributed by atoms with Crippen molar-refractivity contribution in [3.05, 3.63) is 102 Å². The van der Waals surface area contributed by atoms with Gasteiger partial charge in [0.05, 0.1) is 18.2 Å². The van der Waals surface area contributed by atoms with E-state index in [4.69, 9.17) is 18.9 Å². The molecule has 54 heavy (non-hydrogen) atoms. The molecule has 3 aromatic rings. The third kappa shape index (κ3) is 7.13. The van der Waals surface area contributed by atoms with Crippen molar-refractivity contribution in [1.82, 2.24) is 0 Å². The molecule has 0 bridgehead atoms. The van der Waals surface area contributed by atoms with Crippen LogP contribution in [0.15, 0.2) is 29.7 Å². The summed E-state index contributed by atoms with van der Waals surface area (Å²) in [6.45, 7) is 13.3. The number of carboxylic acids is 1. The van der Waals surface area contributed by atoms with E-state index < -0.39 is 75.9 Å². The largest absolute Gasteiger partial charge is 0.508 e. The third-order valence-electron chi connectivity index (χ3n) is 9.71. The zero-order valence-corrected chi connectivity index (χ0v) is 31.0. The molecule has 0 saturated carbocycles. The highest BCUT2D eigenvalue weighted by Crippen LogP contribution is 2.48. The minimum atomic E-state index is -5.39. The van der Waals surface area contributed by atoms with Crippen molar-refractivity contribution in [3.63, 3.8) is 0 Å². The van der Waals surface area contributed by atoms with Crippen molar-refractivity contribution in [2.24, 2.45) is 5.92 Å². The number of carboxylic acid groups (broad SMARTS) is 1. The van der Waals surface area contributed by atoms with E-state index in [0.29, 0.717) is 33.9 Å². The monoisotopic (exact) mass is 754 g/mol. The molecule has 1 aliphatic carbocycles. The number of phenols is 1. The molecule has 0 aromatic heterocycles. The molecule has 286 valence electrons. The number of alkyl halides is 3. The number of halogens is 3. The Morgan fingerprint density at radius 1 is 0.667 bits per heavy atom. The molecule has 1 atom stereocenters. The van der Waals surface area contributed by atoms with Crippen LogP contribution in [-0.4, -0.2) is 52.1 Å². The summed E-state index contributed by atoms with van der Waals surface area (Å²) in [6, 6.07) is 1.30. The van der Waals surface area contributed by atoms with Gasteiger partial charge in [-0.25, -0.2) is 14.4 Å². The van der Waals surface area contributed by atoms with Crippen molar-refractivity contribution < 1.29 is 71.4 Å². The Balaban J connectivity index is 1.73. The van der Waals surface area contributed by atoms with Gasteiger partial charge in [0.25, 0.3) is 0 Å². The molecule has 1 aliphatic rings. The Bertz CT molecular complexity index is 2210. The molecule has 4 rings (SSSR count). The van der Waals surface area contributed by atoms with Crippen LogP contribution in [0.5, 0.6) is 23.0 Å². The number of aryl methyl sites for hydroxylation is 1. The highest BCUT2D eigenvalue weighted by molar-refractivity contribution is 6.09. The summed E-state index contributed by atoms with van der Waals surface area (Å²) < 4.78 is 64.9. The number of aliphatic hydroxyl groups is 1. The van der Waals surface area contributed by atoms with Crippen molar-refractivity contribution >= 4 is 29.7 Å². The average Bonchev–Trinajstić information content (AvgIpc) is 3.05. The van der Waals surface area contributed by atoms with Crippen molar-refractivity contribution in [1.29, 1.82) is 0 Å². The summed E-state index contributed by atoms with van der Waals surface area (Å²) in [5, 5.41) is 30.3. The second-order valence-corrected chi connectivity index (χ2v) is 12.9. The number of aromatic hydroxyl groups is 1. The lowest BCUT2D eigenvalue weighted by atomic mass is 9.93. The Labute approximate surface area is 307 Å². The number of rotatable bonds is 8. The molecule has 1 unspecified atom stereocenters. The van der Waals surface area contributed by atoms with Gasteiger partial charge in [0.1, 0.15) is 45.6 Å². The molecule has 0 radical (unpaired) electrons. The minimum Gasteiger partial charge on any atom is -0.508 e. The first-order valence-corrected chi connectivity index (χ1v) is 16.2. The van der Waals surface area contributed by atoms with E-state index in [9.17, 15) is 52.5 Å². The molecular weight excluding hydrogens is 717 g/mol. The van der Waals surface area contributed by atoms with E-state index in [0.717, 1.165) is 20.1 Å². The molecule has 0 fully saturated rings. The van der Waals surface area contributed by atoms with Gasteiger partial charge in [-0.1, -0.05) is 0 Å². The maximum Gasteiger partial charge on any atom is 0.423 e. The number of esters is 3. The van der Waals surface area contributed by atoms with Gasteiger partial charge in [-0.05, 0) is 118 Å². The van der Waals surface area contributed by atoms with Crippen molar-refractivity contribution in [2.45, 2.75) is 68.5 Å². The Morgan fingerprint density at radius 2 is 1.17 bits per heavy atom. The van der Waals surface area contributed by atoms with Crippen molar-refractivity contribution in [2.75, 3.05) is 7.11 Å². The number of aromatic carboxylic acids is 1. The van der Waals surface area contributed by atoms with E-state index in [2.05, 4.69) is 0 Å². The van der Waals surface area contributed by atoms with Crippen LogP contribution in [0, 0.1) is 68.2 Å². The van der Waals surface area contributed by atoms with Crippen LogP contribution in [0.1, 0.15) is 86.7 Å². The summed E-state index contributed by atoms with van der Waals surface area (Å²) in [5.74, 6) is -11.4. The quantitative estimate of drug-likeness (QED) is 0.118. The van der Waals surface area contributed by atoms with Crippen LogP contribution in [0.3, 0.4) is 0 Å². The van der Waals surface area contributed by atoms with E-state index in [1.165, 1.54) is 33.8 Å². The number of ketones is 1. The highest BCUT2D eigenvalue weighted by Gasteiger charge is 2.44. The number of hydrogen-bond donors (Lipinski definition) is 3. The molecule has 3 N–H and O–H groups in total. The van der Waals surface area contributed by atoms with E-state index in [1.807, 2.05) is 0 Å². The summed E-state index contributed by atoms with van der Waals surface area (Å²) in [7, 11) is 1.07. The lowest BCUT2D eigenvalue weighted by Crippen LogP contribution is -2.32. The summed E-state index contributed by atoms with van der Waals surface area (Å²) in [4.78, 5) is 64.6. The predicted molar refractivity (Wildman–Crippen MR) is 185 cm³/mol. The van der Waals surface area contributed by atoms with Crippen molar-refractivity contribution in [3.8, 4) is 23.0 Å². The van der Waals surface area contributed by atoms with Crippen LogP contribution >= 0.6 is 0 Å². The number of phenolic OH excluding ortho intramolecular Hbond substituents is 1. The summed E-state index contributed by atoms with van der Waals surface area (Å²) >= 11 is 0. The maximum absolute atomic E-state index is 14.5. The smallest absolute Gasteiger partial charge is 0.423 e. The Morgan fingerprint density at radius 3 is 1.69 bits per heavy atom. The highest BCUT2D eigenvalue weighted by atomic mass is 19.4. The number of carbonyl (C=O) groups excluding carboxylic acids is 4. The van der Waals surface area contributed by atoms with Crippen LogP contribution in [0.2, 0.25) is 0 Å². The topological polar surface area (TPSA) is 183 Å². The standard InChI is InChI=1S/C39H37F3O12/c1-14-11-25(15(2)16(3)27(14)36(48)53-33-20(7)17(4)28(35(46)47)18(5)21(33)8)52-37(49)29-19(6)22(9)34(31(32(29)45)39(40,41)42)54-38(50)30-24(44)12-23(43)13-26(30)51-10/h11-13,30,43,45H,1-10H3,(H,46,47). The van der Waals surface area contributed by atoms with Crippen LogP contribution in [-0.2, 0) is 20.5 Å². The van der Waals surface area contributed by atoms with Crippen LogP contribution in [0.25, 0.3) is 0 Å². The number of aliphatic hydroxyl groups excluding tert-OH is 1. The number of carbonyl (C=O) groups is 5. The zero-order valence-electron chi connectivity index (χ0n) is 31.0. The van der Waals surface area contributed by atoms with Gasteiger partial charge in [0.15, 0.2) is 11.7 Å². The number of hydrogen-bond acceptors (Lipinski definition) is 11. The average molecular weight is 755 g/mol. The summed E-state index contributed by atoms with van der Waals surface area (Å²) in [6.07, 6.45) is -3.81. The summed E-state index contributed by atoms with van der Waals surface area (Å²) in [5.41, 5.74) is -0.690. The van der Waals surface area contributed by atoms with Gasteiger partial charge in [0, 0.05) is 12.2 Å². The molecule has 15 heteroatoms. The number of methoxy groups -OCH3 is 1. The van der Waals surface area contributed by atoms with Crippen LogP contribution < -0.4 is 14.2 Å². The van der Waals surface area contributed by atoms with Gasteiger partial charge >= 0.3 is 30.1 Å². The van der Waals surface area contributed by atoms with E-state index in [1.54, 1.807) is 27.7 Å². The molecule has 0 saturated heterocycles. The lowest BCUT2D eigenvalue weighted by molar-refractivity contribution is -0.146. The molecule has 0 aliphatic heterocycles. The van der Waals surface area contributed by atoms with Gasteiger partial charge in [-0.15, -0.1) is 0 Å². The fourth-order valence-electron chi connectivity index (χ4n) is 6.32. The Hall–Kier alpha value is -6.12. The zero-order chi connectivity index (χ0) is 40.9. The lowest BCUT2D eigenvalue weighted by Gasteiger charge is -2.24. The molecule has 3 aromatic carbocycles. The van der Waals surface area contributed by atoms with Crippen LogP contribution in [0.4, 0.5) is 13.2 Å². The fourth-order valence-corrected chi connectivity index (χ4v) is 6.32. The fraction of sp³-hybridized carbons (Fsp3) is 0.308. The molecule has 12 nitrogen and oxygen atoms in total. The second-order valence-electron chi connectivity index (χ2n) is 12.9. The Kier molecular flexibility index (Phi) is 11.1. The minimum absolute atomic E-state index is 0.0951. The van der Waals surface area contributed by atoms with Gasteiger partial charge in [-0.3, -0.25) is 9.59 Å². The van der Waals surface area contributed by atoms with E-state index in [-0.39, 0.29) is 44.9 Å². The van der Waals surface area contributed by atoms with Gasteiger partial charge in [-0.2, -0.15) is 13.2 Å². The van der Waals surface area contributed by atoms with Gasteiger partial charge in [0.2, 0.25) is 0 Å². The third-order valence-corrected chi connectivity index (χ3v) is 9.71. The van der Waals surface area contributed by atoms with Gasteiger partial charge < -0.3 is 34.3 Å². The first-order chi connectivity index (χ1) is 25.0.